The third-order valence-electron chi connectivity index (χ3n) is 18.5. The number of anilines is 3. The number of rotatable bonds is 12. The number of ether oxygens (including phenoxy) is 1. The first-order chi connectivity index (χ1) is 47.6. The van der Waals surface area contributed by atoms with Crippen LogP contribution in [0, 0.1) is 18.5 Å². The molecule has 1 aliphatic heterocycles. The van der Waals surface area contributed by atoms with Crippen LogP contribution in [0.5, 0.6) is 11.5 Å². The molecule has 14 aromatic carbocycles. The van der Waals surface area contributed by atoms with Crippen molar-refractivity contribution in [3.05, 3.63) is 364 Å². The van der Waals surface area contributed by atoms with Gasteiger partial charge in [-0.25, -0.2) is 4.98 Å². The van der Waals surface area contributed by atoms with Crippen LogP contribution in [0.3, 0.4) is 0 Å². The van der Waals surface area contributed by atoms with Crippen LogP contribution in [0.15, 0.2) is 346 Å². The molecule has 0 atom stereocenters. The first-order valence-electron chi connectivity index (χ1n) is 32.4. The largest absolute Gasteiger partial charge is 0.510 e. The van der Waals surface area contributed by atoms with Crippen molar-refractivity contribution in [2.24, 2.45) is 0 Å². The summed E-state index contributed by atoms with van der Waals surface area (Å²) in [7, 11) is 0. The van der Waals surface area contributed by atoms with Crippen molar-refractivity contribution in [1.29, 1.82) is 0 Å². The van der Waals surface area contributed by atoms with Gasteiger partial charge in [0.05, 0.1) is 33.8 Å². The van der Waals surface area contributed by atoms with E-state index in [-0.39, 0.29) is 21.1 Å². The number of nitrogens with zero attached hydrogens (tertiary/aromatic N) is 5. The minimum Gasteiger partial charge on any atom is -0.510 e. The van der Waals surface area contributed by atoms with Crippen LogP contribution in [0.2, 0.25) is 0 Å². The summed E-state index contributed by atoms with van der Waals surface area (Å²) in [6, 6.07) is 128. The fourth-order valence-electron chi connectivity index (χ4n) is 14.1. The number of imidazole rings is 1. The smallest absolute Gasteiger partial charge is 0.268 e. The summed E-state index contributed by atoms with van der Waals surface area (Å²) in [5.74, 6) is 1.83. The molecule has 4 heterocycles. The van der Waals surface area contributed by atoms with Gasteiger partial charge in [-0.3, -0.25) is 4.57 Å². The van der Waals surface area contributed by atoms with Gasteiger partial charge in [0, 0.05) is 61.5 Å². The number of para-hydroxylation sites is 6. The molecule has 0 spiro atoms. The Morgan fingerprint density at radius 3 is 1.35 bits per heavy atom. The van der Waals surface area contributed by atoms with Crippen molar-refractivity contribution in [2.45, 2.75) is 0 Å². The van der Waals surface area contributed by atoms with Gasteiger partial charge < -0.3 is 18.8 Å². The molecule has 460 valence electrons. The third-order valence-corrected chi connectivity index (χ3v) is 18.5. The Bertz CT molecular complexity index is 5500. The van der Waals surface area contributed by atoms with E-state index in [2.05, 4.69) is 359 Å². The topological polar surface area (TPSA) is 39.1 Å². The predicted octanol–water partition coefficient (Wildman–Crippen LogP) is 22.7. The van der Waals surface area contributed by atoms with E-state index < -0.39 is 0 Å². The SMILES string of the molecule is [Pt].[c-]1c(Oc2[c-]c3c(cc2)c2ccccc2n3-c2cc(N3c4ccccc4-c4ccccc4-c4ccccc43)ccn2)cccc1-n1[c-][n+](-c2c(-c3cc(-c4ccccc4)cc(-c4ccccc4)c3)cccc2-c2cc(-c3ccccc3)cc(-c3ccccc3)c2)c2ccccc21. The van der Waals surface area contributed by atoms with Gasteiger partial charge >= 0.3 is 0 Å². The van der Waals surface area contributed by atoms with Gasteiger partial charge in [0.1, 0.15) is 5.82 Å². The number of pyridine rings is 1. The zero-order valence-corrected chi connectivity index (χ0v) is 54.6. The Morgan fingerprint density at radius 1 is 0.330 bits per heavy atom. The molecule has 0 unspecified atom stereocenters. The summed E-state index contributed by atoms with van der Waals surface area (Å²) in [5, 5.41) is 2.12. The maximum Gasteiger partial charge on any atom is 0.268 e. The Labute approximate surface area is 577 Å². The van der Waals surface area contributed by atoms with E-state index in [1.807, 2.05) is 24.4 Å². The summed E-state index contributed by atoms with van der Waals surface area (Å²) in [6.07, 6.45) is 5.87. The molecule has 0 aliphatic carbocycles. The Balaban J connectivity index is 0.00000709. The molecule has 7 heteroatoms. The van der Waals surface area contributed by atoms with Crippen LogP contribution in [0.1, 0.15) is 0 Å². The van der Waals surface area contributed by atoms with E-state index in [1.165, 1.54) is 11.1 Å². The molecule has 1 aliphatic rings. The maximum atomic E-state index is 6.94. The van der Waals surface area contributed by atoms with Crippen LogP contribution >= 0.6 is 0 Å². The molecule has 0 saturated carbocycles. The minimum absolute atomic E-state index is 0. The maximum absolute atomic E-state index is 6.94. The molecule has 0 radical (unpaired) electrons. The molecule has 0 amide bonds. The van der Waals surface area contributed by atoms with E-state index in [1.54, 1.807) is 0 Å². The van der Waals surface area contributed by atoms with Crippen LogP contribution < -0.4 is 14.2 Å². The van der Waals surface area contributed by atoms with Crippen LogP contribution in [-0.2, 0) is 21.1 Å². The Kier molecular flexibility index (Phi) is 15.1. The van der Waals surface area contributed by atoms with Crippen molar-refractivity contribution < 1.29 is 30.4 Å². The Hall–Kier alpha value is -12.2. The second kappa shape index (κ2) is 24.9. The number of aromatic nitrogens is 4. The number of hydrogen-bond donors (Lipinski definition) is 0. The van der Waals surface area contributed by atoms with Crippen LogP contribution in [0.25, 0.3) is 139 Å². The van der Waals surface area contributed by atoms with Crippen molar-refractivity contribution in [1.82, 2.24) is 14.1 Å². The minimum atomic E-state index is 0. The molecular weight excluding hydrogens is 1360 g/mol. The average Bonchev–Trinajstić information content (AvgIpc) is 1.68. The molecule has 0 bridgehead atoms. The quantitative estimate of drug-likeness (QED) is 0.0904. The van der Waals surface area contributed by atoms with Gasteiger partial charge in [0.25, 0.3) is 6.33 Å². The fraction of sp³-hybridized carbons (Fsp3) is 0. The first-order valence-corrected chi connectivity index (χ1v) is 32.4. The molecular formula is C90H57N5OPt-2. The molecule has 0 fully saturated rings. The van der Waals surface area contributed by atoms with Gasteiger partial charge in [-0.05, 0) is 150 Å². The molecule has 3 aromatic heterocycles. The first kappa shape index (κ1) is 58.6. The predicted molar refractivity (Wildman–Crippen MR) is 392 cm³/mol. The number of benzene rings is 14. The molecule has 18 rings (SSSR count). The van der Waals surface area contributed by atoms with Crippen molar-refractivity contribution in [2.75, 3.05) is 4.90 Å². The standard InChI is InChI=1S/C90H57N5O.Pt/c1-5-25-61(26-6-1)65-51-66(62-27-7-2-8-28-62)54-69(53-65)75-40-24-41-76(70-55-67(63-29-9-3-10-30-63)52-68(56-70)64-31-11-4-12-32-64)90(75)93-60-92(86-45-21-22-46-87(86)93)71-33-23-34-73(57-71)96-74-47-48-82-81-39-17-20-44-85(81)95(88(82)59-74)89-58-72(49-50-91-89)94-83-42-18-15-37-79(83)77-35-13-14-36-78(77)80-38-16-19-43-84(80)94;/h1-56,58H;/q-2;. The van der Waals surface area contributed by atoms with Crippen LogP contribution in [-0.4, -0.2) is 14.1 Å². The monoisotopic (exact) mass is 1420 g/mol. The van der Waals surface area contributed by atoms with E-state index >= 15 is 0 Å². The summed E-state index contributed by atoms with van der Waals surface area (Å²) < 4.78 is 13.5. The van der Waals surface area contributed by atoms with Gasteiger partial charge in [-0.2, -0.15) is 18.2 Å². The molecule has 17 aromatic rings. The zero-order valence-electron chi connectivity index (χ0n) is 52.4. The molecule has 6 nitrogen and oxygen atoms in total. The summed E-state index contributed by atoms with van der Waals surface area (Å²) in [4.78, 5) is 7.50. The van der Waals surface area contributed by atoms with Gasteiger partial charge in [-0.1, -0.05) is 248 Å². The van der Waals surface area contributed by atoms with Gasteiger partial charge in [0.15, 0.2) is 0 Å². The van der Waals surface area contributed by atoms with E-state index in [0.717, 1.165) is 145 Å². The second-order valence-corrected chi connectivity index (χ2v) is 24.3. The molecule has 97 heavy (non-hydrogen) atoms. The van der Waals surface area contributed by atoms with Crippen LogP contribution in [0.4, 0.5) is 17.1 Å². The fourth-order valence-corrected chi connectivity index (χ4v) is 14.1. The van der Waals surface area contributed by atoms with Crippen molar-refractivity contribution >= 4 is 49.9 Å². The average molecular weight is 1420 g/mol. The van der Waals surface area contributed by atoms with Crippen molar-refractivity contribution in [3.63, 3.8) is 0 Å². The molecule has 0 N–H and O–H groups in total. The van der Waals surface area contributed by atoms with Gasteiger partial charge in [-0.15, -0.1) is 29.7 Å². The Morgan fingerprint density at radius 2 is 0.784 bits per heavy atom. The number of fused-ring (bicyclic) bond motifs is 9. The number of hydrogen-bond acceptors (Lipinski definition) is 3. The van der Waals surface area contributed by atoms with E-state index in [9.17, 15) is 0 Å². The van der Waals surface area contributed by atoms with Gasteiger partial charge in [0.2, 0.25) is 0 Å². The summed E-state index contributed by atoms with van der Waals surface area (Å²) in [6.45, 7) is 0. The third kappa shape index (κ3) is 10.6. The zero-order chi connectivity index (χ0) is 63.5. The normalized spacial score (nSPS) is 11.6. The van der Waals surface area contributed by atoms with E-state index in [0.29, 0.717) is 11.5 Å². The summed E-state index contributed by atoms with van der Waals surface area (Å²) >= 11 is 0. The summed E-state index contributed by atoms with van der Waals surface area (Å²) in [5.41, 5.74) is 26.7. The second-order valence-electron chi connectivity index (χ2n) is 24.3. The van der Waals surface area contributed by atoms with E-state index in [4.69, 9.17) is 9.72 Å². The van der Waals surface area contributed by atoms with Crippen molar-refractivity contribution in [3.8, 4) is 118 Å². The molecule has 0 saturated heterocycles.